The number of unbranched alkanes of at least 4 members (excludes halogenated alkanes) is 2. The monoisotopic (exact) mass is 442 g/mol. The SMILES string of the molecule is CCCCC(CC)COc1c(C=O)ccc2c1C=CC(C=O)C2OCC(CC)CCCC. The lowest BCUT2D eigenvalue weighted by molar-refractivity contribution is -0.114. The first-order valence-electron chi connectivity index (χ1n) is 12.6. The second kappa shape index (κ2) is 14.3. The van der Waals surface area contributed by atoms with E-state index < -0.39 is 0 Å². The van der Waals surface area contributed by atoms with Crippen molar-refractivity contribution in [3.63, 3.8) is 0 Å². The van der Waals surface area contributed by atoms with Gasteiger partial charge in [0.1, 0.15) is 12.0 Å². The molecule has 1 aromatic carbocycles. The Hall–Kier alpha value is -1.94. The Labute approximate surface area is 194 Å². The Morgan fingerprint density at radius 1 is 0.938 bits per heavy atom. The van der Waals surface area contributed by atoms with Crippen LogP contribution in [0.5, 0.6) is 5.75 Å². The van der Waals surface area contributed by atoms with E-state index in [-0.39, 0.29) is 12.0 Å². The van der Waals surface area contributed by atoms with E-state index in [9.17, 15) is 9.59 Å². The minimum Gasteiger partial charge on any atom is -0.492 e. The van der Waals surface area contributed by atoms with Gasteiger partial charge in [0, 0.05) is 5.56 Å². The van der Waals surface area contributed by atoms with Gasteiger partial charge < -0.3 is 14.3 Å². The number of carbonyl (C=O) groups is 2. The van der Waals surface area contributed by atoms with Crippen LogP contribution in [0, 0.1) is 17.8 Å². The summed E-state index contributed by atoms with van der Waals surface area (Å²) in [7, 11) is 0. The van der Waals surface area contributed by atoms with Crippen LogP contribution >= 0.6 is 0 Å². The lowest BCUT2D eigenvalue weighted by Crippen LogP contribution is -2.23. The highest BCUT2D eigenvalue weighted by atomic mass is 16.5. The van der Waals surface area contributed by atoms with Gasteiger partial charge in [0.15, 0.2) is 6.29 Å². The standard InChI is InChI=1S/C28H42O4/c1-5-9-11-21(7-3)19-31-27-23(17-29)13-16-26-25(27)15-14-24(18-30)28(26)32-20-22(8-4)12-10-6-2/h13-18,21-23,27H,5-12,19-20H2,1-4H3. The van der Waals surface area contributed by atoms with Gasteiger partial charge in [-0.25, -0.2) is 0 Å². The third-order valence-electron chi connectivity index (χ3n) is 6.75. The topological polar surface area (TPSA) is 52.6 Å². The minimum atomic E-state index is -0.340. The summed E-state index contributed by atoms with van der Waals surface area (Å²) in [6, 6.07) is 3.73. The Balaban J connectivity index is 2.26. The van der Waals surface area contributed by atoms with Crippen LogP contribution in [-0.2, 0) is 9.53 Å². The first-order valence-corrected chi connectivity index (χ1v) is 12.6. The van der Waals surface area contributed by atoms with Crippen molar-refractivity contribution in [2.24, 2.45) is 17.8 Å². The van der Waals surface area contributed by atoms with Crippen molar-refractivity contribution >= 4 is 18.6 Å². The molecule has 32 heavy (non-hydrogen) atoms. The lowest BCUT2D eigenvalue weighted by Gasteiger charge is -2.30. The summed E-state index contributed by atoms with van der Waals surface area (Å²) in [6.45, 7) is 10.0. The zero-order chi connectivity index (χ0) is 23.3. The molecule has 0 N–H and O–H groups in total. The summed E-state index contributed by atoms with van der Waals surface area (Å²) in [4.78, 5) is 23.6. The molecular weight excluding hydrogens is 400 g/mol. The van der Waals surface area contributed by atoms with Crippen LogP contribution in [0.4, 0.5) is 0 Å². The van der Waals surface area contributed by atoms with E-state index in [2.05, 4.69) is 27.7 Å². The van der Waals surface area contributed by atoms with Gasteiger partial charge in [-0.1, -0.05) is 84.4 Å². The third-order valence-corrected chi connectivity index (χ3v) is 6.75. The second-order valence-corrected chi connectivity index (χ2v) is 9.08. The molecule has 0 aliphatic heterocycles. The van der Waals surface area contributed by atoms with Crippen LogP contribution in [0.15, 0.2) is 18.2 Å². The van der Waals surface area contributed by atoms with Gasteiger partial charge in [0.05, 0.1) is 30.8 Å². The molecule has 0 fully saturated rings. The van der Waals surface area contributed by atoms with Crippen LogP contribution < -0.4 is 4.74 Å². The maximum atomic E-state index is 11.8. The fraction of sp³-hybridized carbons (Fsp3) is 0.643. The fourth-order valence-electron chi connectivity index (χ4n) is 4.38. The van der Waals surface area contributed by atoms with Gasteiger partial charge in [-0.3, -0.25) is 4.79 Å². The molecule has 1 aliphatic carbocycles. The summed E-state index contributed by atoms with van der Waals surface area (Å²) in [5.41, 5.74) is 2.37. The highest BCUT2D eigenvalue weighted by Crippen LogP contribution is 2.40. The van der Waals surface area contributed by atoms with E-state index in [4.69, 9.17) is 9.47 Å². The van der Waals surface area contributed by atoms with E-state index in [1.54, 1.807) is 6.07 Å². The molecule has 0 aromatic heterocycles. The van der Waals surface area contributed by atoms with Gasteiger partial charge in [0.2, 0.25) is 0 Å². The quantitative estimate of drug-likeness (QED) is 0.254. The molecule has 178 valence electrons. The number of rotatable bonds is 16. The molecule has 1 aliphatic rings. The molecule has 4 heteroatoms. The number of fused-ring (bicyclic) bond motifs is 1. The van der Waals surface area contributed by atoms with Crippen LogP contribution in [0.2, 0.25) is 0 Å². The van der Waals surface area contributed by atoms with Crippen LogP contribution in [0.25, 0.3) is 6.08 Å². The zero-order valence-corrected chi connectivity index (χ0v) is 20.5. The van der Waals surface area contributed by atoms with Gasteiger partial charge in [-0.05, 0) is 36.3 Å². The van der Waals surface area contributed by atoms with Gasteiger partial charge in [-0.15, -0.1) is 0 Å². The maximum absolute atomic E-state index is 11.8. The molecule has 0 heterocycles. The number of ether oxygens (including phenoxy) is 2. The van der Waals surface area contributed by atoms with Gasteiger partial charge in [-0.2, -0.15) is 0 Å². The largest absolute Gasteiger partial charge is 0.492 e. The number of benzene rings is 1. The molecule has 0 spiro atoms. The van der Waals surface area contributed by atoms with Crippen molar-refractivity contribution in [3.8, 4) is 5.75 Å². The van der Waals surface area contributed by atoms with Crippen molar-refractivity contribution in [3.05, 3.63) is 34.9 Å². The summed E-state index contributed by atoms with van der Waals surface area (Å²) < 4.78 is 12.6. The Morgan fingerprint density at radius 3 is 2.16 bits per heavy atom. The van der Waals surface area contributed by atoms with E-state index in [0.717, 1.165) is 49.4 Å². The predicted molar refractivity (Wildman–Crippen MR) is 131 cm³/mol. The molecule has 0 radical (unpaired) electrons. The minimum absolute atomic E-state index is 0.325. The molecule has 1 aromatic rings. The Bertz CT molecular complexity index is 739. The van der Waals surface area contributed by atoms with Crippen molar-refractivity contribution in [2.45, 2.75) is 85.2 Å². The van der Waals surface area contributed by atoms with Gasteiger partial charge in [0.25, 0.3) is 0 Å². The van der Waals surface area contributed by atoms with Crippen LogP contribution in [0.3, 0.4) is 0 Å². The number of aldehydes is 2. The normalized spacial score (nSPS) is 19.2. The smallest absolute Gasteiger partial charge is 0.153 e. The predicted octanol–water partition coefficient (Wildman–Crippen LogP) is 7.21. The highest BCUT2D eigenvalue weighted by molar-refractivity contribution is 5.84. The number of hydrogen-bond acceptors (Lipinski definition) is 4. The van der Waals surface area contributed by atoms with E-state index >= 15 is 0 Å². The molecular formula is C28H42O4. The Morgan fingerprint density at radius 2 is 1.59 bits per heavy atom. The molecule has 4 unspecified atom stereocenters. The summed E-state index contributed by atoms with van der Waals surface area (Å²) in [6.07, 6.45) is 14.4. The van der Waals surface area contributed by atoms with Crippen LogP contribution in [-0.4, -0.2) is 25.8 Å². The third kappa shape index (κ3) is 7.03. The first-order chi connectivity index (χ1) is 15.6. The number of hydrogen-bond donors (Lipinski definition) is 0. The van der Waals surface area contributed by atoms with Crippen molar-refractivity contribution in [2.75, 3.05) is 13.2 Å². The van der Waals surface area contributed by atoms with Crippen molar-refractivity contribution in [1.29, 1.82) is 0 Å². The van der Waals surface area contributed by atoms with Crippen molar-refractivity contribution in [1.82, 2.24) is 0 Å². The fourth-order valence-corrected chi connectivity index (χ4v) is 4.38. The second-order valence-electron chi connectivity index (χ2n) is 9.08. The first kappa shape index (κ1) is 26.3. The van der Waals surface area contributed by atoms with Crippen LogP contribution in [0.1, 0.15) is 107 Å². The van der Waals surface area contributed by atoms with E-state index in [1.807, 2.05) is 18.2 Å². The number of carbonyl (C=O) groups excluding carboxylic acids is 2. The molecule has 0 amide bonds. The summed E-state index contributed by atoms with van der Waals surface area (Å²) in [5.74, 6) is 1.26. The molecule has 0 saturated heterocycles. The summed E-state index contributed by atoms with van der Waals surface area (Å²) in [5, 5.41) is 0. The average molecular weight is 443 g/mol. The molecule has 0 saturated carbocycles. The zero-order valence-electron chi connectivity index (χ0n) is 20.5. The Kier molecular flexibility index (Phi) is 11.7. The molecule has 2 rings (SSSR count). The summed E-state index contributed by atoms with van der Waals surface area (Å²) >= 11 is 0. The molecule has 4 atom stereocenters. The maximum Gasteiger partial charge on any atom is 0.153 e. The van der Waals surface area contributed by atoms with E-state index in [0.29, 0.717) is 36.4 Å². The average Bonchev–Trinajstić information content (AvgIpc) is 2.83. The highest BCUT2D eigenvalue weighted by Gasteiger charge is 2.30. The van der Waals surface area contributed by atoms with Gasteiger partial charge >= 0.3 is 0 Å². The van der Waals surface area contributed by atoms with Crippen molar-refractivity contribution < 1.29 is 19.1 Å². The molecule has 4 nitrogen and oxygen atoms in total. The van der Waals surface area contributed by atoms with E-state index in [1.165, 1.54) is 25.7 Å². The molecule has 0 bridgehead atoms. The lowest BCUT2D eigenvalue weighted by atomic mass is 9.85.